The lowest BCUT2D eigenvalue weighted by Crippen LogP contribution is -2.56. The van der Waals surface area contributed by atoms with Crippen LogP contribution < -0.4 is 5.32 Å². The summed E-state index contributed by atoms with van der Waals surface area (Å²) in [7, 11) is -3.75. The van der Waals surface area contributed by atoms with Crippen LogP contribution in [0.2, 0.25) is 0 Å². The Balaban J connectivity index is 1.45. The standard InChI is InChI=1S/C25H24N4O5S/c26-18-20-8-10-21(11-9-20)35(32,33)29-14-12-28(13-15-29)25(31)22(17-19-5-2-1-3-6-19)27-24(30)23-7-4-16-34-23/h1-11,16,22H,12-15,17H2,(H,27,30)/t22-/m0/s1. The monoisotopic (exact) mass is 492 g/mol. The molecule has 1 aromatic heterocycles. The summed E-state index contributed by atoms with van der Waals surface area (Å²) in [6, 6.07) is 19.3. The van der Waals surface area contributed by atoms with Gasteiger partial charge in [0.25, 0.3) is 5.91 Å². The third-order valence-corrected chi connectivity index (χ3v) is 7.72. The average molecular weight is 493 g/mol. The first-order chi connectivity index (χ1) is 16.9. The van der Waals surface area contributed by atoms with Crippen molar-refractivity contribution in [3.05, 3.63) is 89.9 Å². The molecule has 4 rings (SSSR count). The van der Waals surface area contributed by atoms with Gasteiger partial charge in [0.15, 0.2) is 5.76 Å². The number of nitriles is 1. The van der Waals surface area contributed by atoms with E-state index in [1.165, 1.54) is 40.9 Å². The van der Waals surface area contributed by atoms with Crippen LogP contribution in [0.4, 0.5) is 0 Å². The summed E-state index contributed by atoms with van der Waals surface area (Å²) in [6.07, 6.45) is 1.67. The molecule has 9 nitrogen and oxygen atoms in total. The van der Waals surface area contributed by atoms with Crippen molar-refractivity contribution in [2.45, 2.75) is 17.4 Å². The Morgan fingerprint density at radius 2 is 1.66 bits per heavy atom. The molecular formula is C25H24N4O5S. The van der Waals surface area contributed by atoms with Crippen LogP contribution >= 0.6 is 0 Å². The number of nitrogens with one attached hydrogen (secondary N) is 1. The minimum absolute atomic E-state index is 0.101. The van der Waals surface area contributed by atoms with Gasteiger partial charge in [-0.2, -0.15) is 9.57 Å². The molecule has 1 N–H and O–H groups in total. The lowest BCUT2D eigenvalue weighted by molar-refractivity contribution is -0.134. The van der Waals surface area contributed by atoms with Gasteiger partial charge in [-0.05, 0) is 42.0 Å². The number of benzene rings is 2. The van der Waals surface area contributed by atoms with Crippen LogP contribution in [-0.2, 0) is 21.2 Å². The van der Waals surface area contributed by atoms with Crippen molar-refractivity contribution in [1.29, 1.82) is 5.26 Å². The molecule has 0 bridgehead atoms. The van der Waals surface area contributed by atoms with Gasteiger partial charge in [-0.25, -0.2) is 8.42 Å². The molecule has 0 radical (unpaired) electrons. The van der Waals surface area contributed by atoms with Crippen molar-refractivity contribution in [3.63, 3.8) is 0 Å². The first-order valence-corrected chi connectivity index (χ1v) is 12.5. The number of carbonyl (C=O) groups is 2. The third kappa shape index (κ3) is 5.59. The van der Waals surface area contributed by atoms with E-state index in [2.05, 4.69) is 5.32 Å². The van der Waals surface area contributed by atoms with E-state index in [-0.39, 0.29) is 49.2 Å². The molecule has 0 spiro atoms. The SMILES string of the molecule is N#Cc1ccc(S(=O)(=O)N2CCN(C(=O)[C@H](Cc3ccccc3)NC(=O)c3ccco3)CC2)cc1. The summed E-state index contributed by atoms with van der Waals surface area (Å²) < 4.78 is 32.5. The molecule has 1 fully saturated rings. The van der Waals surface area contributed by atoms with Gasteiger partial charge in [-0.3, -0.25) is 9.59 Å². The second kappa shape index (κ2) is 10.5. The maximum atomic E-state index is 13.4. The van der Waals surface area contributed by atoms with Gasteiger partial charge in [-0.15, -0.1) is 0 Å². The lowest BCUT2D eigenvalue weighted by Gasteiger charge is -2.36. The van der Waals surface area contributed by atoms with Crippen molar-refractivity contribution in [2.75, 3.05) is 26.2 Å². The Kier molecular flexibility index (Phi) is 7.29. The number of sulfonamides is 1. The summed E-state index contributed by atoms with van der Waals surface area (Å²) >= 11 is 0. The largest absolute Gasteiger partial charge is 0.459 e. The molecule has 2 aromatic carbocycles. The highest BCUT2D eigenvalue weighted by atomic mass is 32.2. The smallest absolute Gasteiger partial charge is 0.287 e. The topological polar surface area (TPSA) is 124 Å². The fraction of sp³-hybridized carbons (Fsp3) is 0.240. The van der Waals surface area contributed by atoms with Gasteiger partial charge in [0.1, 0.15) is 6.04 Å². The molecule has 10 heteroatoms. The summed E-state index contributed by atoms with van der Waals surface area (Å²) in [4.78, 5) is 27.7. The average Bonchev–Trinajstić information content (AvgIpc) is 3.44. The van der Waals surface area contributed by atoms with Gasteiger partial charge < -0.3 is 14.6 Å². The van der Waals surface area contributed by atoms with E-state index in [1.54, 1.807) is 11.0 Å². The van der Waals surface area contributed by atoms with E-state index in [4.69, 9.17) is 9.68 Å². The molecule has 180 valence electrons. The summed E-state index contributed by atoms with van der Waals surface area (Å²) in [6.45, 7) is 0.628. The predicted octanol–water partition coefficient (Wildman–Crippen LogP) is 2.03. The van der Waals surface area contributed by atoms with Crippen LogP contribution in [0.5, 0.6) is 0 Å². The van der Waals surface area contributed by atoms with E-state index in [1.807, 2.05) is 36.4 Å². The normalized spacial score (nSPS) is 15.2. The number of nitrogens with zero attached hydrogens (tertiary/aromatic N) is 3. The van der Waals surface area contributed by atoms with Gasteiger partial charge >= 0.3 is 0 Å². The summed E-state index contributed by atoms with van der Waals surface area (Å²) in [5.74, 6) is -0.676. The zero-order valence-corrected chi connectivity index (χ0v) is 19.6. The lowest BCUT2D eigenvalue weighted by atomic mass is 10.0. The number of furan rings is 1. The molecule has 2 amide bonds. The van der Waals surface area contributed by atoms with Gasteiger partial charge in [0.2, 0.25) is 15.9 Å². The Morgan fingerprint density at radius 3 is 2.26 bits per heavy atom. The molecule has 1 aliphatic heterocycles. The number of piperazine rings is 1. The fourth-order valence-corrected chi connectivity index (χ4v) is 5.33. The Labute approximate surface area is 203 Å². The van der Waals surface area contributed by atoms with E-state index >= 15 is 0 Å². The van der Waals surface area contributed by atoms with Crippen LogP contribution in [0, 0.1) is 11.3 Å². The van der Waals surface area contributed by atoms with Gasteiger partial charge in [0, 0.05) is 32.6 Å². The molecule has 35 heavy (non-hydrogen) atoms. The fourth-order valence-electron chi connectivity index (χ4n) is 3.91. The van der Waals surface area contributed by atoms with Crippen molar-refractivity contribution in [2.24, 2.45) is 0 Å². The van der Waals surface area contributed by atoms with E-state index in [0.717, 1.165) is 5.56 Å². The number of hydrogen-bond donors (Lipinski definition) is 1. The second-order valence-corrected chi connectivity index (χ2v) is 10.00. The quantitative estimate of drug-likeness (QED) is 0.538. The van der Waals surface area contributed by atoms with Crippen molar-refractivity contribution in [3.8, 4) is 6.07 Å². The van der Waals surface area contributed by atoms with E-state index < -0.39 is 22.0 Å². The van der Waals surface area contributed by atoms with Crippen LogP contribution in [0.1, 0.15) is 21.7 Å². The van der Waals surface area contributed by atoms with Gasteiger partial charge in [-0.1, -0.05) is 30.3 Å². The Hall–Kier alpha value is -3.94. The van der Waals surface area contributed by atoms with Crippen molar-refractivity contribution in [1.82, 2.24) is 14.5 Å². The highest BCUT2D eigenvalue weighted by Crippen LogP contribution is 2.19. The summed E-state index contributed by atoms with van der Waals surface area (Å²) in [5, 5.41) is 11.7. The molecule has 0 unspecified atom stereocenters. The Bertz CT molecular complexity index is 1310. The zero-order chi connectivity index (χ0) is 24.8. The van der Waals surface area contributed by atoms with Crippen molar-refractivity contribution >= 4 is 21.8 Å². The minimum Gasteiger partial charge on any atom is -0.459 e. The second-order valence-electron chi connectivity index (χ2n) is 8.06. The number of amides is 2. The van der Waals surface area contributed by atoms with E-state index in [0.29, 0.717) is 5.56 Å². The van der Waals surface area contributed by atoms with Gasteiger partial charge in [0.05, 0.1) is 22.8 Å². The number of rotatable bonds is 7. The molecule has 3 aromatic rings. The van der Waals surface area contributed by atoms with Crippen LogP contribution in [0.25, 0.3) is 0 Å². The maximum Gasteiger partial charge on any atom is 0.287 e. The minimum atomic E-state index is -3.75. The maximum absolute atomic E-state index is 13.4. The highest BCUT2D eigenvalue weighted by Gasteiger charge is 2.33. The molecular weight excluding hydrogens is 468 g/mol. The van der Waals surface area contributed by atoms with Crippen LogP contribution in [0.3, 0.4) is 0 Å². The Morgan fingerprint density at radius 1 is 0.971 bits per heavy atom. The predicted molar refractivity (Wildman–Crippen MR) is 127 cm³/mol. The van der Waals surface area contributed by atoms with Crippen molar-refractivity contribution < 1.29 is 22.4 Å². The molecule has 2 heterocycles. The van der Waals surface area contributed by atoms with E-state index in [9.17, 15) is 18.0 Å². The highest BCUT2D eigenvalue weighted by molar-refractivity contribution is 7.89. The first kappa shape index (κ1) is 24.2. The first-order valence-electron chi connectivity index (χ1n) is 11.1. The number of hydrogen-bond acceptors (Lipinski definition) is 6. The zero-order valence-electron chi connectivity index (χ0n) is 18.8. The molecule has 0 aliphatic carbocycles. The third-order valence-electron chi connectivity index (χ3n) is 5.80. The molecule has 0 saturated carbocycles. The molecule has 1 atom stereocenters. The summed E-state index contributed by atoms with van der Waals surface area (Å²) in [5.41, 5.74) is 1.26. The molecule has 1 saturated heterocycles. The van der Waals surface area contributed by atoms with Crippen LogP contribution in [0.15, 0.2) is 82.3 Å². The van der Waals surface area contributed by atoms with Crippen LogP contribution in [-0.4, -0.2) is 61.7 Å². The number of carbonyl (C=O) groups excluding carboxylic acids is 2. The molecule has 1 aliphatic rings.